The van der Waals surface area contributed by atoms with E-state index in [0.29, 0.717) is 5.70 Å². The summed E-state index contributed by atoms with van der Waals surface area (Å²) in [6.45, 7) is 5.81. The Morgan fingerprint density at radius 3 is 2.33 bits per heavy atom. The Labute approximate surface area is 72.8 Å². The monoisotopic (exact) mass is 166 g/mol. The first-order chi connectivity index (χ1) is 5.57. The van der Waals surface area contributed by atoms with Crippen molar-refractivity contribution in [1.29, 1.82) is 0 Å². The van der Waals surface area contributed by atoms with Gasteiger partial charge in [-0.15, -0.1) is 0 Å². The van der Waals surface area contributed by atoms with E-state index in [1.807, 2.05) is 20.8 Å². The van der Waals surface area contributed by atoms with Gasteiger partial charge in [-0.25, -0.2) is 4.99 Å². The molecular weight excluding hydrogens is 152 g/mol. The largest absolute Gasteiger partial charge is 0.298 e. The van der Waals surface area contributed by atoms with Crippen LogP contribution in [0.4, 0.5) is 0 Å². The third-order valence-electron chi connectivity index (χ3n) is 1.93. The number of hydrogen-bond acceptors (Lipinski definition) is 2. The lowest BCUT2D eigenvalue weighted by atomic mass is 10.2. The normalized spacial score (nSPS) is 17.0. The molecule has 1 aliphatic rings. The highest BCUT2D eigenvalue weighted by Gasteiger charge is 2.25. The van der Waals surface area contributed by atoms with E-state index in [2.05, 4.69) is 4.99 Å². The number of likely N-dealkylation sites (N-methyl/N-ethyl adjacent to an activating group) is 1. The van der Waals surface area contributed by atoms with Crippen LogP contribution in [0.25, 0.3) is 0 Å². The summed E-state index contributed by atoms with van der Waals surface area (Å²) in [7, 11) is 1.76. The summed E-state index contributed by atoms with van der Waals surface area (Å²) in [4.78, 5) is 17.3. The first-order valence-electron chi connectivity index (χ1n) is 4.11. The molecule has 1 aliphatic heterocycles. The Balaban J connectivity index is 3.06. The van der Waals surface area contributed by atoms with Crippen LogP contribution in [0.2, 0.25) is 0 Å². The minimum Gasteiger partial charge on any atom is -0.298 e. The number of aliphatic imine (C=N–C) groups is 1. The van der Waals surface area contributed by atoms with E-state index in [1.54, 1.807) is 11.9 Å². The predicted octanol–water partition coefficient (Wildman–Crippen LogP) is 1.56. The highest BCUT2D eigenvalue weighted by atomic mass is 16.2. The van der Waals surface area contributed by atoms with Crippen molar-refractivity contribution in [2.24, 2.45) is 4.99 Å². The molecule has 0 saturated heterocycles. The fourth-order valence-corrected chi connectivity index (χ4v) is 1.17. The van der Waals surface area contributed by atoms with E-state index >= 15 is 0 Å². The Morgan fingerprint density at radius 1 is 1.50 bits per heavy atom. The number of amidine groups is 1. The lowest BCUT2D eigenvalue weighted by Gasteiger charge is -2.08. The Morgan fingerprint density at radius 2 is 2.08 bits per heavy atom. The molecule has 0 aromatic rings. The summed E-state index contributed by atoms with van der Waals surface area (Å²) in [5, 5.41) is 0. The fourth-order valence-electron chi connectivity index (χ4n) is 1.17. The molecule has 0 unspecified atom stereocenters. The number of amides is 1. The van der Waals surface area contributed by atoms with Crippen LogP contribution >= 0.6 is 0 Å². The van der Waals surface area contributed by atoms with Crippen molar-refractivity contribution in [1.82, 2.24) is 4.90 Å². The van der Waals surface area contributed by atoms with Crippen molar-refractivity contribution >= 4 is 11.7 Å². The summed E-state index contributed by atoms with van der Waals surface area (Å²) in [6.07, 6.45) is 0.805. The first-order valence-corrected chi connectivity index (χ1v) is 4.11. The van der Waals surface area contributed by atoms with Gasteiger partial charge in [-0.3, -0.25) is 9.69 Å². The van der Waals surface area contributed by atoms with Crippen LogP contribution in [0.3, 0.4) is 0 Å². The number of rotatable bonds is 1. The highest BCUT2D eigenvalue weighted by Crippen LogP contribution is 2.17. The van der Waals surface area contributed by atoms with E-state index in [1.165, 1.54) is 0 Å². The maximum absolute atomic E-state index is 11.5. The van der Waals surface area contributed by atoms with Crippen LogP contribution in [0, 0.1) is 0 Å². The summed E-state index contributed by atoms with van der Waals surface area (Å²) in [5.74, 6) is 0.878. The molecule has 1 rings (SSSR count). The van der Waals surface area contributed by atoms with Crippen molar-refractivity contribution in [2.45, 2.75) is 27.2 Å². The summed E-state index contributed by atoms with van der Waals surface area (Å²) in [6, 6.07) is 0. The van der Waals surface area contributed by atoms with E-state index in [-0.39, 0.29) is 5.91 Å². The van der Waals surface area contributed by atoms with Gasteiger partial charge >= 0.3 is 0 Å². The summed E-state index contributed by atoms with van der Waals surface area (Å²) in [5.41, 5.74) is 1.59. The van der Waals surface area contributed by atoms with Crippen LogP contribution < -0.4 is 0 Å². The molecule has 0 atom stereocenters. The van der Waals surface area contributed by atoms with Gasteiger partial charge in [0.1, 0.15) is 11.5 Å². The second kappa shape index (κ2) is 3.09. The lowest BCUT2D eigenvalue weighted by Crippen LogP contribution is -2.27. The molecule has 0 saturated carbocycles. The molecule has 0 bridgehead atoms. The van der Waals surface area contributed by atoms with Crippen molar-refractivity contribution < 1.29 is 4.79 Å². The topological polar surface area (TPSA) is 32.7 Å². The second-order valence-corrected chi connectivity index (χ2v) is 3.09. The lowest BCUT2D eigenvalue weighted by molar-refractivity contribution is -0.121. The molecule has 3 nitrogen and oxygen atoms in total. The van der Waals surface area contributed by atoms with E-state index in [9.17, 15) is 4.79 Å². The van der Waals surface area contributed by atoms with E-state index in [0.717, 1.165) is 17.8 Å². The number of carbonyl (C=O) groups excluding carboxylic acids is 1. The van der Waals surface area contributed by atoms with Gasteiger partial charge in [0.25, 0.3) is 5.91 Å². The molecule has 0 aromatic heterocycles. The van der Waals surface area contributed by atoms with Crippen LogP contribution in [0.1, 0.15) is 27.2 Å². The molecule has 3 heteroatoms. The number of hydrogen-bond donors (Lipinski definition) is 0. The van der Waals surface area contributed by atoms with Gasteiger partial charge in [-0.05, 0) is 19.4 Å². The third-order valence-corrected chi connectivity index (χ3v) is 1.93. The molecule has 0 aliphatic carbocycles. The minimum absolute atomic E-state index is 0.0202. The fraction of sp³-hybridized carbons (Fsp3) is 0.556. The minimum atomic E-state index is 0.0202. The molecule has 0 N–H and O–H groups in total. The smallest absolute Gasteiger partial charge is 0.277 e. The van der Waals surface area contributed by atoms with Crippen LogP contribution in [0.5, 0.6) is 0 Å². The molecule has 1 heterocycles. The summed E-state index contributed by atoms with van der Waals surface area (Å²) >= 11 is 0. The van der Waals surface area contributed by atoms with Crippen molar-refractivity contribution in [3.63, 3.8) is 0 Å². The third kappa shape index (κ3) is 1.26. The summed E-state index contributed by atoms with van der Waals surface area (Å²) < 4.78 is 0. The number of carbonyl (C=O) groups is 1. The molecule has 0 aromatic carbocycles. The maximum atomic E-state index is 11.5. The zero-order valence-corrected chi connectivity index (χ0v) is 8.01. The van der Waals surface area contributed by atoms with E-state index in [4.69, 9.17) is 0 Å². The second-order valence-electron chi connectivity index (χ2n) is 3.09. The Hall–Kier alpha value is -1.12. The molecule has 12 heavy (non-hydrogen) atoms. The van der Waals surface area contributed by atoms with Crippen LogP contribution in [-0.4, -0.2) is 23.7 Å². The first kappa shape index (κ1) is 8.97. The molecule has 66 valence electrons. The molecule has 1 amide bonds. The van der Waals surface area contributed by atoms with Gasteiger partial charge in [0.15, 0.2) is 0 Å². The zero-order valence-electron chi connectivity index (χ0n) is 8.01. The van der Waals surface area contributed by atoms with Gasteiger partial charge in [0.05, 0.1) is 0 Å². The van der Waals surface area contributed by atoms with Crippen molar-refractivity contribution in [3.8, 4) is 0 Å². The SMILES string of the molecule is CCC1=NC(=C(C)C)C(=O)N1C. The van der Waals surface area contributed by atoms with Gasteiger partial charge in [0.2, 0.25) is 0 Å². The van der Waals surface area contributed by atoms with Crippen molar-refractivity contribution in [3.05, 3.63) is 11.3 Å². The average molecular weight is 166 g/mol. The molecule has 0 radical (unpaired) electrons. The number of nitrogens with zero attached hydrogens (tertiary/aromatic N) is 2. The number of allylic oxidation sites excluding steroid dienone is 1. The van der Waals surface area contributed by atoms with Gasteiger partial charge < -0.3 is 0 Å². The van der Waals surface area contributed by atoms with Crippen LogP contribution in [0.15, 0.2) is 16.3 Å². The van der Waals surface area contributed by atoms with Gasteiger partial charge in [-0.2, -0.15) is 0 Å². The predicted molar refractivity (Wildman–Crippen MR) is 48.9 cm³/mol. The highest BCUT2D eigenvalue weighted by molar-refractivity contribution is 6.12. The van der Waals surface area contributed by atoms with Gasteiger partial charge in [-0.1, -0.05) is 6.92 Å². The Bertz CT molecular complexity index is 272. The van der Waals surface area contributed by atoms with Gasteiger partial charge in [0, 0.05) is 13.5 Å². The molecular formula is C9H14N2O. The quantitative estimate of drug-likeness (QED) is 0.544. The average Bonchev–Trinajstić information content (AvgIpc) is 2.30. The van der Waals surface area contributed by atoms with Crippen LogP contribution in [-0.2, 0) is 4.79 Å². The van der Waals surface area contributed by atoms with Crippen molar-refractivity contribution in [2.75, 3.05) is 7.05 Å². The standard InChI is InChI=1S/C9H14N2O/c1-5-7-10-8(6(2)3)9(12)11(7)4/h5H2,1-4H3. The maximum Gasteiger partial charge on any atom is 0.277 e. The van der Waals surface area contributed by atoms with E-state index < -0.39 is 0 Å². The Kier molecular flexibility index (Phi) is 2.31. The molecule has 0 fully saturated rings. The molecule has 0 spiro atoms. The zero-order chi connectivity index (χ0) is 9.30.